The Morgan fingerprint density at radius 3 is 1.00 bits per heavy atom. The summed E-state index contributed by atoms with van der Waals surface area (Å²) in [5.74, 6) is 0. The Morgan fingerprint density at radius 1 is 1.00 bits per heavy atom. The molecule has 0 heterocycles. The maximum Gasteiger partial charge on any atom is 0.316 e. The van der Waals surface area contributed by atoms with Gasteiger partial charge in [-0.2, -0.15) is 0 Å². The van der Waals surface area contributed by atoms with Crippen LogP contribution in [0.2, 0.25) is 0 Å². The molecule has 0 aliphatic rings. The van der Waals surface area contributed by atoms with Crippen LogP contribution in [0.25, 0.3) is 0 Å². The van der Waals surface area contributed by atoms with Crippen molar-refractivity contribution >= 4 is 40.4 Å². The van der Waals surface area contributed by atoms with Gasteiger partial charge in [-0.05, 0) is 0 Å². The summed E-state index contributed by atoms with van der Waals surface area (Å²) in [6, 6.07) is 0. The van der Waals surface area contributed by atoms with E-state index >= 15 is 0 Å². The fraction of sp³-hybridized carbons (Fsp3) is 0. The summed E-state index contributed by atoms with van der Waals surface area (Å²) >= 11 is 0. The molecule has 0 unspecified atom stereocenters. The summed E-state index contributed by atoms with van der Waals surface area (Å²) in [5.41, 5.74) is 0. The molecular formula is H5AlFeMgTi. The van der Waals surface area contributed by atoms with Gasteiger partial charge >= 0.3 is 23.1 Å². The second kappa shape index (κ2) is 17.7. The Hall–Kier alpha value is 2.53. The van der Waals surface area contributed by atoms with Crippen LogP contribution in [-0.4, -0.2) is 40.4 Å². The monoisotopic (exact) mass is 160 g/mol. The third-order valence-corrected chi connectivity index (χ3v) is 0. The molecule has 22 valence electrons. The van der Waals surface area contributed by atoms with Crippen molar-refractivity contribution in [3.05, 3.63) is 0 Å². The summed E-state index contributed by atoms with van der Waals surface area (Å²) in [7, 11) is 0. The topological polar surface area (TPSA) is 0 Å². The maximum absolute atomic E-state index is 0. The fourth-order valence-corrected chi connectivity index (χ4v) is 0. The van der Waals surface area contributed by atoms with Crippen LogP contribution < -0.4 is 0 Å². The zero-order valence-electron chi connectivity index (χ0n) is 0.854. The molecule has 0 saturated carbocycles. The van der Waals surface area contributed by atoms with Gasteiger partial charge in [-0.1, -0.05) is 0 Å². The van der Waals surface area contributed by atoms with E-state index in [1.54, 1.807) is 0 Å². The Morgan fingerprint density at radius 2 is 1.00 bits per heavy atom. The standard InChI is InChI=1S/Al.Fe.Mg.Ti.5H. The molecule has 0 fully saturated rings. The zero-order chi connectivity index (χ0) is 0. The van der Waals surface area contributed by atoms with Crippen molar-refractivity contribution in [2.45, 2.75) is 0 Å². The Labute approximate surface area is 78.1 Å². The van der Waals surface area contributed by atoms with Gasteiger partial charge in [0, 0.05) is 38.8 Å². The molecule has 0 aromatic rings. The second-order valence-corrected chi connectivity index (χ2v) is 0. The van der Waals surface area contributed by atoms with E-state index in [0.29, 0.717) is 0 Å². The minimum Gasteiger partial charge on any atom is 0 e. The quantitative estimate of drug-likeness (QED) is 0.356. The van der Waals surface area contributed by atoms with E-state index in [4.69, 9.17) is 0 Å². The van der Waals surface area contributed by atoms with Crippen molar-refractivity contribution in [2.24, 2.45) is 0 Å². The molecule has 0 bridgehead atoms. The van der Waals surface area contributed by atoms with Gasteiger partial charge in [-0.15, -0.1) is 0 Å². The summed E-state index contributed by atoms with van der Waals surface area (Å²) in [6.45, 7) is 0. The summed E-state index contributed by atoms with van der Waals surface area (Å²) in [6.07, 6.45) is 0. The first-order valence-corrected chi connectivity index (χ1v) is 0. The Bertz CT molecular complexity index is 8.00. The molecule has 0 rings (SSSR count). The first kappa shape index (κ1) is 31.2. The second-order valence-electron chi connectivity index (χ2n) is 0. The smallest absolute Gasteiger partial charge is 0 e. The molecule has 0 aliphatic heterocycles. The van der Waals surface area contributed by atoms with Gasteiger partial charge in [-0.25, -0.2) is 0 Å². The summed E-state index contributed by atoms with van der Waals surface area (Å²) in [4.78, 5) is 0. The molecule has 0 spiro atoms. The number of rotatable bonds is 0. The van der Waals surface area contributed by atoms with Gasteiger partial charge in [0.25, 0.3) is 0 Å². The van der Waals surface area contributed by atoms with Crippen molar-refractivity contribution in [2.75, 3.05) is 0 Å². The molecule has 0 aliphatic carbocycles. The third-order valence-electron chi connectivity index (χ3n) is 0. The van der Waals surface area contributed by atoms with Crippen LogP contribution in [0.4, 0.5) is 0 Å². The van der Waals surface area contributed by atoms with Crippen molar-refractivity contribution in [3.8, 4) is 0 Å². The predicted octanol–water partition coefficient (Wildman–Crippen LogP) is -2.11. The van der Waals surface area contributed by atoms with Gasteiger partial charge in [-0.3, -0.25) is 0 Å². The predicted molar refractivity (Wildman–Crippen MR) is 18.5 cm³/mol. The average Bonchev–Trinajstić information content (AvgIpc) is 0. The van der Waals surface area contributed by atoms with E-state index in [2.05, 4.69) is 0 Å². The molecule has 0 saturated heterocycles. The van der Waals surface area contributed by atoms with E-state index < -0.39 is 0 Å². The van der Waals surface area contributed by atoms with Crippen molar-refractivity contribution in [3.63, 3.8) is 0 Å². The summed E-state index contributed by atoms with van der Waals surface area (Å²) < 4.78 is 0. The summed E-state index contributed by atoms with van der Waals surface area (Å²) in [5, 5.41) is 0. The zero-order valence-corrected chi connectivity index (χ0v) is 3.52. The normalized spacial score (nSPS) is 0. The van der Waals surface area contributed by atoms with Gasteiger partial charge in [0.05, 0.1) is 0 Å². The molecular weight excluding hydrogens is 155 g/mol. The van der Waals surface area contributed by atoms with Crippen molar-refractivity contribution in [1.29, 1.82) is 0 Å². The van der Waals surface area contributed by atoms with E-state index in [-0.39, 0.29) is 79.2 Å². The number of hydrogen-bond acceptors (Lipinski definition) is 0. The van der Waals surface area contributed by atoms with Crippen LogP contribution in [0.3, 0.4) is 0 Å². The van der Waals surface area contributed by atoms with Crippen LogP contribution in [0.1, 0.15) is 0 Å². The van der Waals surface area contributed by atoms with Gasteiger partial charge in [0.1, 0.15) is 0 Å². The van der Waals surface area contributed by atoms with Gasteiger partial charge < -0.3 is 0 Å². The first-order chi connectivity index (χ1) is 0. The van der Waals surface area contributed by atoms with Crippen molar-refractivity contribution < 1.29 is 38.8 Å². The van der Waals surface area contributed by atoms with E-state index in [1.165, 1.54) is 0 Å². The minimum absolute atomic E-state index is 0. The molecule has 0 atom stereocenters. The minimum atomic E-state index is 0. The third kappa shape index (κ3) is 8.82. The molecule has 4 heavy (non-hydrogen) atoms. The molecule has 0 aromatic carbocycles. The maximum atomic E-state index is 0. The molecule has 0 aromatic heterocycles. The van der Waals surface area contributed by atoms with E-state index in [9.17, 15) is 0 Å². The van der Waals surface area contributed by atoms with E-state index in [0.717, 1.165) is 0 Å². The van der Waals surface area contributed by atoms with Gasteiger partial charge in [0.2, 0.25) is 0 Å². The Kier molecular flexibility index (Phi) is 138. The number of hydrogen-bond donors (Lipinski definition) is 0. The Balaban J connectivity index is 0. The van der Waals surface area contributed by atoms with Crippen LogP contribution in [0, 0.1) is 0 Å². The van der Waals surface area contributed by atoms with Gasteiger partial charge in [0.15, 0.2) is 17.4 Å². The molecule has 4 heteroatoms. The molecule has 0 amide bonds. The van der Waals surface area contributed by atoms with E-state index in [1.807, 2.05) is 0 Å². The molecule has 0 nitrogen and oxygen atoms in total. The van der Waals surface area contributed by atoms with Crippen LogP contribution in [0.15, 0.2) is 0 Å². The SMILES string of the molecule is [AlH3].[Fe].[MgH2].[Ti]. The first-order valence-electron chi connectivity index (χ1n) is 0. The van der Waals surface area contributed by atoms with Crippen LogP contribution in [-0.2, 0) is 38.8 Å². The molecule has 0 radical (unpaired) electrons. The largest absolute Gasteiger partial charge is 0.316 e. The van der Waals surface area contributed by atoms with Crippen LogP contribution >= 0.6 is 0 Å². The average molecular weight is 160 g/mol. The van der Waals surface area contributed by atoms with Crippen LogP contribution in [0.5, 0.6) is 0 Å². The fourth-order valence-electron chi connectivity index (χ4n) is 0. The van der Waals surface area contributed by atoms with Crippen molar-refractivity contribution in [1.82, 2.24) is 0 Å². The molecule has 0 N–H and O–H groups in total.